The fraction of sp³-hybridized carbons (Fsp3) is 0. The summed E-state index contributed by atoms with van der Waals surface area (Å²) in [5, 5.41) is 9.67. The fourth-order valence-corrected chi connectivity index (χ4v) is 6.67. The summed E-state index contributed by atoms with van der Waals surface area (Å²) in [5.74, 6) is 0. The summed E-state index contributed by atoms with van der Waals surface area (Å²) in [6, 6.07) is 50.0. The third-order valence-corrected chi connectivity index (χ3v) is 8.38. The molecule has 0 aliphatic rings. The highest BCUT2D eigenvalue weighted by atomic mass is 16.3. The SMILES string of the molecule is c1ccc(-n2c3ccccc3c3cc(-c4ccc5oc6cccc7cccc(c8cccc4c58)c76)ccc32)cc1. The maximum Gasteiger partial charge on any atom is 0.135 e. The Labute approximate surface area is 230 Å². The molecule has 0 saturated carbocycles. The van der Waals surface area contributed by atoms with Crippen LogP contribution in [0, 0.1) is 0 Å². The molecular weight excluding hydrogens is 486 g/mol. The predicted molar refractivity (Wildman–Crippen MR) is 169 cm³/mol. The first-order chi connectivity index (χ1) is 19.8. The summed E-state index contributed by atoms with van der Waals surface area (Å²) in [5.41, 5.74) is 7.82. The summed E-state index contributed by atoms with van der Waals surface area (Å²) < 4.78 is 8.98. The zero-order valence-corrected chi connectivity index (χ0v) is 21.6. The number of nitrogens with zero attached hydrogens (tertiary/aromatic N) is 1. The maximum atomic E-state index is 6.61. The van der Waals surface area contributed by atoms with E-state index in [1.54, 1.807) is 0 Å². The van der Waals surface area contributed by atoms with Crippen molar-refractivity contribution in [2.24, 2.45) is 0 Å². The molecular formula is C38H23NO. The molecule has 0 N–H and O–H groups in total. The van der Waals surface area contributed by atoms with E-state index in [2.05, 4.69) is 144 Å². The van der Waals surface area contributed by atoms with Crippen molar-refractivity contribution in [2.75, 3.05) is 0 Å². The first kappa shape index (κ1) is 21.6. The second-order valence-corrected chi connectivity index (χ2v) is 10.5. The summed E-state index contributed by atoms with van der Waals surface area (Å²) in [4.78, 5) is 0. The van der Waals surface area contributed by atoms with Crippen LogP contribution in [0.3, 0.4) is 0 Å². The molecule has 0 aliphatic heterocycles. The second-order valence-electron chi connectivity index (χ2n) is 10.5. The van der Waals surface area contributed by atoms with Crippen LogP contribution in [0.25, 0.3) is 82.1 Å². The monoisotopic (exact) mass is 509 g/mol. The van der Waals surface area contributed by atoms with Crippen molar-refractivity contribution in [1.29, 1.82) is 0 Å². The van der Waals surface area contributed by atoms with Crippen LogP contribution in [-0.2, 0) is 0 Å². The maximum absolute atomic E-state index is 6.61. The Morgan fingerprint density at radius 2 is 1.10 bits per heavy atom. The van der Waals surface area contributed by atoms with Gasteiger partial charge in [-0.1, -0.05) is 97.1 Å². The quantitative estimate of drug-likeness (QED) is 0.227. The van der Waals surface area contributed by atoms with Crippen LogP contribution in [-0.4, -0.2) is 4.57 Å². The van der Waals surface area contributed by atoms with Gasteiger partial charge in [0, 0.05) is 27.2 Å². The van der Waals surface area contributed by atoms with Crippen LogP contribution in [0.5, 0.6) is 0 Å². The number of benzene rings is 7. The number of hydrogen-bond acceptors (Lipinski definition) is 1. The van der Waals surface area contributed by atoms with Crippen molar-refractivity contribution in [3.63, 3.8) is 0 Å². The Morgan fingerprint density at radius 1 is 0.425 bits per heavy atom. The number of fused-ring (bicyclic) bond motifs is 4. The molecule has 7 aromatic carbocycles. The van der Waals surface area contributed by atoms with Crippen LogP contribution >= 0.6 is 0 Å². The van der Waals surface area contributed by atoms with Gasteiger partial charge in [-0.25, -0.2) is 0 Å². The smallest absolute Gasteiger partial charge is 0.135 e. The lowest BCUT2D eigenvalue weighted by Crippen LogP contribution is -1.92. The minimum absolute atomic E-state index is 0.903. The zero-order chi connectivity index (χ0) is 26.2. The van der Waals surface area contributed by atoms with Gasteiger partial charge in [0.05, 0.1) is 11.0 Å². The highest BCUT2D eigenvalue weighted by molar-refractivity contribution is 6.25. The van der Waals surface area contributed by atoms with E-state index in [0.29, 0.717) is 0 Å². The highest BCUT2D eigenvalue weighted by Gasteiger charge is 2.16. The molecule has 2 nitrogen and oxygen atoms in total. The van der Waals surface area contributed by atoms with E-state index in [4.69, 9.17) is 4.42 Å². The number of aromatic nitrogens is 1. The fourth-order valence-electron chi connectivity index (χ4n) is 6.67. The molecule has 186 valence electrons. The highest BCUT2D eigenvalue weighted by Crippen LogP contribution is 2.41. The van der Waals surface area contributed by atoms with Crippen molar-refractivity contribution in [1.82, 2.24) is 4.57 Å². The van der Waals surface area contributed by atoms with Gasteiger partial charge >= 0.3 is 0 Å². The molecule has 0 radical (unpaired) electrons. The molecule has 0 atom stereocenters. The first-order valence-corrected chi connectivity index (χ1v) is 13.7. The van der Waals surface area contributed by atoms with E-state index >= 15 is 0 Å². The van der Waals surface area contributed by atoms with Gasteiger partial charge < -0.3 is 8.98 Å². The Hall–Kier alpha value is -5.34. The molecule has 9 aromatic rings. The number of hydrogen-bond donors (Lipinski definition) is 0. The molecule has 0 fully saturated rings. The van der Waals surface area contributed by atoms with Crippen molar-refractivity contribution in [2.45, 2.75) is 0 Å². The van der Waals surface area contributed by atoms with Crippen LogP contribution in [0.2, 0.25) is 0 Å². The lowest BCUT2D eigenvalue weighted by Gasteiger charge is -2.10. The molecule has 2 aromatic heterocycles. The minimum Gasteiger partial charge on any atom is -0.456 e. The molecule has 0 spiro atoms. The van der Waals surface area contributed by atoms with Gasteiger partial charge in [0.2, 0.25) is 0 Å². The van der Waals surface area contributed by atoms with Gasteiger partial charge in [-0.05, 0) is 75.1 Å². The zero-order valence-electron chi connectivity index (χ0n) is 21.6. The first-order valence-electron chi connectivity index (χ1n) is 13.7. The van der Waals surface area contributed by atoms with E-state index in [-0.39, 0.29) is 0 Å². The normalized spacial score (nSPS) is 12.0. The van der Waals surface area contributed by atoms with Gasteiger partial charge in [0.25, 0.3) is 0 Å². The van der Waals surface area contributed by atoms with Crippen LogP contribution in [0.4, 0.5) is 0 Å². The summed E-state index contributed by atoms with van der Waals surface area (Å²) in [6.07, 6.45) is 0. The Morgan fingerprint density at radius 3 is 2.00 bits per heavy atom. The molecule has 2 heterocycles. The molecule has 0 unspecified atom stereocenters. The molecule has 0 aliphatic carbocycles. The Balaban J connectivity index is 1.37. The van der Waals surface area contributed by atoms with E-state index < -0.39 is 0 Å². The van der Waals surface area contributed by atoms with E-state index in [1.165, 1.54) is 65.6 Å². The van der Waals surface area contributed by atoms with Crippen molar-refractivity contribution < 1.29 is 4.42 Å². The molecule has 40 heavy (non-hydrogen) atoms. The largest absolute Gasteiger partial charge is 0.456 e. The van der Waals surface area contributed by atoms with Crippen LogP contribution < -0.4 is 0 Å². The standard InChI is InChI=1S/C38H23NO/c1-2-11-26(12-3-1)39-33-17-5-4-13-28(33)32-23-25(19-21-34(32)39)27-20-22-36-38-29(27)15-8-16-31(38)30-14-6-9-24-10-7-18-35(40-36)37(24)30/h1-23H. The van der Waals surface area contributed by atoms with Gasteiger partial charge in [0.1, 0.15) is 11.2 Å². The minimum atomic E-state index is 0.903. The van der Waals surface area contributed by atoms with Crippen molar-refractivity contribution in [3.05, 3.63) is 140 Å². The van der Waals surface area contributed by atoms with Crippen LogP contribution in [0.15, 0.2) is 144 Å². The summed E-state index contributed by atoms with van der Waals surface area (Å²) in [6.45, 7) is 0. The van der Waals surface area contributed by atoms with E-state index in [9.17, 15) is 0 Å². The Kier molecular flexibility index (Phi) is 4.36. The van der Waals surface area contributed by atoms with Crippen LogP contribution in [0.1, 0.15) is 0 Å². The second kappa shape index (κ2) is 8.08. The summed E-state index contributed by atoms with van der Waals surface area (Å²) in [7, 11) is 0. The number of rotatable bonds is 2. The molecule has 9 rings (SSSR count). The molecule has 0 saturated heterocycles. The molecule has 0 amide bonds. The van der Waals surface area contributed by atoms with Gasteiger partial charge in [-0.3, -0.25) is 0 Å². The third-order valence-electron chi connectivity index (χ3n) is 8.38. The van der Waals surface area contributed by atoms with Crippen molar-refractivity contribution in [3.8, 4) is 16.8 Å². The van der Waals surface area contributed by atoms with E-state index in [1.807, 2.05) is 0 Å². The van der Waals surface area contributed by atoms with Gasteiger partial charge in [-0.2, -0.15) is 0 Å². The third kappa shape index (κ3) is 2.93. The summed E-state index contributed by atoms with van der Waals surface area (Å²) >= 11 is 0. The Bertz CT molecular complexity index is 2420. The van der Waals surface area contributed by atoms with Crippen molar-refractivity contribution >= 4 is 65.3 Å². The number of para-hydroxylation sites is 2. The average Bonchev–Trinajstić information content (AvgIpc) is 3.27. The molecule has 2 heteroatoms. The van der Waals surface area contributed by atoms with E-state index in [0.717, 1.165) is 16.6 Å². The van der Waals surface area contributed by atoms with Gasteiger partial charge in [0.15, 0.2) is 0 Å². The predicted octanol–water partition coefficient (Wildman–Crippen LogP) is 10.7. The lowest BCUT2D eigenvalue weighted by atomic mass is 9.94. The topological polar surface area (TPSA) is 18.1 Å². The molecule has 0 bridgehead atoms. The average molecular weight is 510 g/mol. The lowest BCUT2D eigenvalue weighted by molar-refractivity contribution is 0.664. The van der Waals surface area contributed by atoms with Gasteiger partial charge in [-0.15, -0.1) is 0 Å².